The molecular weight excluding hydrogens is 350 g/mol. The highest BCUT2D eigenvalue weighted by Crippen LogP contribution is 2.31. The number of aromatic amines is 1. The molecule has 8 heteroatoms. The number of rotatable bonds is 7. The van der Waals surface area contributed by atoms with E-state index in [-0.39, 0.29) is 12.0 Å². The minimum atomic E-state index is -0.306. The summed E-state index contributed by atoms with van der Waals surface area (Å²) in [7, 11) is 0. The van der Waals surface area contributed by atoms with Gasteiger partial charge in [-0.15, -0.1) is 10.2 Å². The normalized spacial score (nSPS) is 17.2. The summed E-state index contributed by atoms with van der Waals surface area (Å²) >= 11 is 1.51. The van der Waals surface area contributed by atoms with Crippen LogP contribution in [0.25, 0.3) is 22.3 Å². The molecule has 4 rings (SSSR count). The highest BCUT2D eigenvalue weighted by Gasteiger charge is 2.23. The van der Waals surface area contributed by atoms with Crippen LogP contribution >= 0.6 is 11.8 Å². The number of benzene rings is 1. The van der Waals surface area contributed by atoms with Crippen molar-refractivity contribution in [2.24, 2.45) is 5.73 Å². The van der Waals surface area contributed by atoms with Crippen LogP contribution in [0.3, 0.4) is 0 Å². The van der Waals surface area contributed by atoms with Crippen LogP contribution in [0.2, 0.25) is 0 Å². The molecule has 136 valence electrons. The van der Waals surface area contributed by atoms with Gasteiger partial charge in [0.25, 0.3) is 0 Å². The second-order valence-corrected chi connectivity index (χ2v) is 7.43. The van der Waals surface area contributed by atoms with E-state index >= 15 is 0 Å². The van der Waals surface area contributed by atoms with Gasteiger partial charge in [-0.1, -0.05) is 30.0 Å². The van der Waals surface area contributed by atoms with Crippen LogP contribution in [0.5, 0.6) is 0 Å². The zero-order valence-electron chi connectivity index (χ0n) is 14.4. The first kappa shape index (κ1) is 17.1. The summed E-state index contributed by atoms with van der Waals surface area (Å²) in [6.07, 6.45) is 4.58. The number of H-pyrrole nitrogens is 1. The molecule has 0 saturated carbocycles. The predicted molar refractivity (Wildman–Crippen MR) is 101 cm³/mol. The van der Waals surface area contributed by atoms with Gasteiger partial charge in [0.15, 0.2) is 11.0 Å². The Labute approximate surface area is 155 Å². The largest absolute Gasteiger partial charge is 0.376 e. The molecule has 1 aliphatic heterocycles. The van der Waals surface area contributed by atoms with Crippen molar-refractivity contribution in [3.63, 3.8) is 0 Å². The number of nitrogens with zero attached hydrogens (tertiary/aromatic N) is 3. The number of hydrogen-bond donors (Lipinski definition) is 2. The number of amides is 1. The zero-order chi connectivity index (χ0) is 17.9. The first-order chi connectivity index (χ1) is 12.7. The van der Waals surface area contributed by atoms with Gasteiger partial charge in [0.05, 0.1) is 12.6 Å². The number of ether oxygens (including phenoxy) is 1. The number of primary amides is 1. The Hall–Kier alpha value is -2.32. The van der Waals surface area contributed by atoms with Crippen molar-refractivity contribution in [2.45, 2.75) is 37.1 Å². The Morgan fingerprint density at radius 3 is 3.08 bits per heavy atom. The van der Waals surface area contributed by atoms with Gasteiger partial charge in [-0.05, 0) is 18.9 Å². The first-order valence-corrected chi connectivity index (χ1v) is 9.73. The molecule has 1 aromatic carbocycles. The molecule has 1 unspecified atom stereocenters. The van der Waals surface area contributed by atoms with Crippen molar-refractivity contribution in [1.82, 2.24) is 19.7 Å². The minimum Gasteiger partial charge on any atom is -0.376 e. The van der Waals surface area contributed by atoms with Crippen LogP contribution in [0.4, 0.5) is 0 Å². The molecule has 1 aliphatic rings. The molecule has 0 radical (unpaired) electrons. The van der Waals surface area contributed by atoms with Gasteiger partial charge in [0.2, 0.25) is 5.91 Å². The van der Waals surface area contributed by atoms with Gasteiger partial charge in [-0.25, -0.2) is 0 Å². The Morgan fingerprint density at radius 2 is 2.27 bits per heavy atom. The van der Waals surface area contributed by atoms with Crippen molar-refractivity contribution in [3.8, 4) is 11.4 Å². The van der Waals surface area contributed by atoms with E-state index in [0.717, 1.165) is 46.9 Å². The first-order valence-electron chi connectivity index (χ1n) is 8.75. The molecule has 2 aromatic heterocycles. The van der Waals surface area contributed by atoms with E-state index in [1.807, 2.05) is 24.4 Å². The maximum atomic E-state index is 11.0. The summed E-state index contributed by atoms with van der Waals surface area (Å²) in [6, 6.07) is 8.14. The Bertz CT molecular complexity index is 913. The number of aromatic nitrogens is 4. The highest BCUT2D eigenvalue weighted by atomic mass is 32.2. The minimum absolute atomic E-state index is 0.172. The van der Waals surface area contributed by atoms with Crippen LogP contribution in [0.15, 0.2) is 35.6 Å². The van der Waals surface area contributed by atoms with Crippen LogP contribution < -0.4 is 5.73 Å². The van der Waals surface area contributed by atoms with E-state index < -0.39 is 0 Å². The standard InChI is InChI=1S/C18H21N5O2S/c19-16(24)7-9-26-18-22-21-17(23(18)11-12-4-3-8-25-12)14-10-20-15-6-2-1-5-13(14)15/h1-2,5-6,10,12,20H,3-4,7-9,11H2,(H2,19,24). The van der Waals surface area contributed by atoms with Gasteiger partial charge in [0.1, 0.15) is 0 Å². The molecule has 26 heavy (non-hydrogen) atoms. The number of para-hydroxylation sites is 1. The average Bonchev–Trinajstić information content (AvgIpc) is 3.36. The van der Waals surface area contributed by atoms with Crippen LogP contribution in [0, 0.1) is 0 Å². The Morgan fingerprint density at radius 1 is 1.38 bits per heavy atom. The summed E-state index contributed by atoms with van der Waals surface area (Å²) in [6.45, 7) is 1.51. The maximum Gasteiger partial charge on any atom is 0.218 e. The summed E-state index contributed by atoms with van der Waals surface area (Å²) in [5.74, 6) is 1.10. The monoisotopic (exact) mass is 371 g/mol. The SMILES string of the molecule is NC(=O)CCSc1nnc(-c2c[nH]c3ccccc23)n1CC1CCCO1. The molecule has 0 bridgehead atoms. The number of nitrogens with one attached hydrogen (secondary N) is 1. The summed E-state index contributed by atoms with van der Waals surface area (Å²) < 4.78 is 7.92. The fourth-order valence-electron chi connectivity index (χ4n) is 3.25. The lowest BCUT2D eigenvalue weighted by molar-refractivity contribution is -0.117. The topological polar surface area (TPSA) is 98.8 Å². The van der Waals surface area contributed by atoms with Crippen molar-refractivity contribution in [2.75, 3.05) is 12.4 Å². The molecule has 3 N–H and O–H groups in total. The maximum absolute atomic E-state index is 11.0. The number of nitrogens with two attached hydrogens (primary N) is 1. The van der Waals surface area contributed by atoms with Crippen LogP contribution in [-0.4, -0.2) is 44.1 Å². The number of thioether (sulfide) groups is 1. The average molecular weight is 371 g/mol. The van der Waals surface area contributed by atoms with E-state index in [0.29, 0.717) is 18.7 Å². The quantitative estimate of drug-likeness (QED) is 0.622. The van der Waals surface area contributed by atoms with Gasteiger partial charge in [-0.2, -0.15) is 0 Å². The molecule has 1 fully saturated rings. The third-order valence-corrected chi connectivity index (χ3v) is 5.51. The molecule has 0 spiro atoms. The van der Waals surface area contributed by atoms with E-state index in [2.05, 4.69) is 25.8 Å². The molecule has 0 aliphatic carbocycles. The van der Waals surface area contributed by atoms with E-state index in [4.69, 9.17) is 10.5 Å². The van der Waals surface area contributed by atoms with Crippen molar-refractivity contribution >= 4 is 28.6 Å². The molecular formula is C18H21N5O2S. The zero-order valence-corrected chi connectivity index (χ0v) is 15.2. The van der Waals surface area contributed by atoms with Gasteiger partial charge >= 0.3 is 0 Å². The molecule has 1 atom stereocenters. The molecule has 1 saturated heterocycles. The van der Waals surface area contributed by atoms with Crippen LogP contribution in [0.1, 0.15) is 19.3 Å². The van der Waals surface area contributed by atoms with Crippen molar-refractivity contribution in [3.05, 3.63) is 30.5 Å². The number of carbonyl (C=O) groups is 1. The Balaban J connectivity index is 1.68. The van der Waals surface area contributed by atoms with Gasteiger partial charge in [0, 0.05) is 41.4 Å². The lowest BCUT2D eigenvalue weighted by Crippen LogP contribution is -2.17. The summed E-state index contributed by atoms with van der Waals surface area (Å²) in [4.78, 5) is 14.3. The lowest BCUT2D eigenvalue weighted by atomic mass is 10.1. The van der Waals surface area contributed by atoms with Crippen LogP contribution in [-0.2, 0) is 16.1 Å². The highest BCUT2D eigenvalue weighted by molar-refractivity contribution is 7.99. The van der Waals surface area contributed by atoms with Gasteiger partial charge < -0.3 is 15.5 Å². The number of hydrogen-bond acceptors (Lipinski definition) is 5. The number of fused-ring (bicyclic) bond motifs is 1. The fraction of sp³-hybridized carbons (Fsp3) is 0.389. The van der Waals surface area contributed by atoms with E-state index in [1.165, 1.54) is 11.8 Å². The van der Waals surface area contributed by atoms with Gasteiger partial charge in [-0.3, -0.25) is 9.36 Å². The number of carbonyl (C=O) groups excluding carboxylic acids is 1. The summed E-state index contributed by atoms with van der Waals surface area (Å²) in [5.41, 5.74) is 7.34. The molecule has 1 amide bonds. The molecule has 3 heterocycles. The van der Waals surface area contributed by atoms with E-state index in [9.17, 15) is 4.79 Å². The van der Waals surface area contributed by atoms with E-state index in [1.54, 1.807) is 0 Å². The Kier molecular flexibility index (Phi) is 4.94. The second kappa shape index (κ2) is 7.51. The third-order valence-electron chi connectivity index (χ3n) is 4.54. The fourth-order valence-corrected chi connectivity index (χ4v) is 4.15. The second-order valence-electron chi connectivity index (χ2n) is 6.36. The van der Waals surface area contributed by atoms with Crippen molar-refractivity contribution < 1.29 is 9.53 Å². The molecule has 7 nitrogen and oxygen atoms in total. The summed E-state index contributed by atoms with van der Waals surface area (Å²) in [5, 5.41) is 10.7. The lowest BCUT2D eigenvalue weighted by Gasteiger charge is -2.14. The third kappa shape index (κ3) is 3.47. The predicted octanol–water partition coefficient (Wildman–Crippen LogP) is 2.57. The smallest absolute Gasteiger partial charge is 0.218 e. The van der Waals surface area contributed by atoms with Crippen molar-refractivity contribution in [1.29, 1.82) is 0 Å². The molecule has 3 aromatic rings.